The summed E-state index contributed by atoms with van der Waals surface area (Å²) in [5.41, 5.74) is 0. The van der Waals surface area contributed by atoms with E-state index in [2.05, 4.69) is 14.2 Å². The Morgan fingerprint density at radius 2 is 2.30 bits per heavy atom. The summed E-state index contributed by atoms with van der Waals surface area (Å²) in [5.74, 6) is -1.65. The third-order valence-corrected chi connectivity index (χ3v) is 1.92. The maximum atomic E-state index is 12.2. The summed E-state index contributed by atoms with van der Waals surface area (Å²) in [4.78, 5) is 18.2. The summed E-state index contributed by atoms with van der Waals surface area (Å²) < 4.78 is 16.1. The van der Waals surface area contributed by atoms with Crippen LogP contribution in [-0.4, -0.2) is 16.1 Å². The molecule has 0 heterocycles. The van der Waals surface area contributed by atoms with Crippen molar-refractivity contribution in [3.63, 3.8) is 0 Å². The van der Waals surface area contributed by atoms with E-state index in [0.717, 1.165) is 0 Å². The van der Waals surface area contributed by atoms with E-state index in [9.17, 15) is 19.3 Å². The average molecular weight is 357 g/mol. The van der Waals surface area contributed by atoms with Crippen LogP contribution < -0.4 is 0 Å². The molecule has 0 saturated heterocycles. The fourth-order valence-electron chi connectivity index (χ4n) is 0.161. The van der Waals surface area contributed by atoms with Gasteiger partial charge in [0.15, 0.2) is 0 Å². The number of carbonyl (C=O) groups is 1. The molecule has 0 aromatic heterocycles. The minimum absolute atomic E-state index is 0.498. The van der Waals surface area contributed by atoms with E-state index in [-0.39, 0.29) is 0 Å². The molecule has 1 unspecified atom stereocenters. The summed E-state index contributed by atoms with van der Waals surface area (Å²) in [6.07, 6.45) is 0. The Kier molecular flexibility index (Phi) is 3.43. The van der Waals surface area contributed by atoms with Crippen LogP contribution >= 0.6 is 11.6 Å². The van der Waals surface area contributed by atoms with Gasteiger partial charge in [0, 0.05) is 0 Å². The standard InChI is InChI=1S/C2HClFNO4.Hg/c3-2(4,1(6)7)5(8)9;/h(H,6,7);/q;+1/p-1. The third-order valence-electron chi connectivity index (χ3n) is 0.606. The fourth-order valence-corrected chi connectivity index (χ4v) is 1.32. The zero-order valence-electron chi connectivity index (χ0n) is 4.54. The monoisotopic (exact) mass is 358 g/mol. The van der Waals surface area contributed by atoms with Gasteiger partial charge in [0.05, 0.1) is 0 Å². The second-order valence-corrected chi connectivity index (χ2v) is 2.85. The summed E-state index contributed by atoms with van der Waals surface area (Å²) in [7, 11) is 0. The Morgan fingerprint density at radius 3 is 2.40 bits per heavy atom. The van der Waals surface area contributed by atoms with E-state index < -0.39 is 42.7 Å². The third kappa shape index (κ3) is 2.01. The second kappa shape index (κ2) is 3.43. The zero-order valence-corrected chi connectivity index (χ0v) is 10.8. The number of hydrogen-bond acceptors (Lipinski definition) is 4. The second-order valence-electron chi connectivity index (χ2n) is 1.23. The minimum atomic E-state index is -3.61. The van der Waals surface area contributed by atoms with Crippen LogP contribution in [-0.2, 0) is 34.0 Å². The Balaban J connectivity index is 4.40. The number of halogens is 2. The van der Waals surface area contributed by atoms with Gasteiger partial charge in [0.1, 0.15) is 0 Å². The summed E-state index contributed by atoms with van der Waals surface area (Å²) in [6, 6.07) is 0. The van der Waals surface area contributed by atoms with Crippen LogP contribution in [0.1, 0.15) is 0 Å². The van der Waals surface area contributed by atoms with Gasteiger partial charge in [-0.15, -0.1) is 0 Å². The van der Waals surface area contributed by atoms with Crippen LogP contribution in [0, 0.1) is 10.1 Å². The van der Waals surface area contributed by atoms with Gasteiger partial charge in [-0.1, -0.05) is 0 Å². The Bertz CT molecular complexity index is 173. The average Bonchev–Trinajstić information content (AvgIpc) is 1.86. The quantitative estimate of drug-likeness (QED) is 0.232. The Morgan fingerprint density at radius 1 is 1.90 bits per heavy atom. The van der Waals surface area contributed by atoms with Crippen molar-refractivity contribution < 1.29 is 43.3 Å². The zero-order chi connectivity index (χ0) is 8.36. The van der Waals surface area contributed by atoms with Crippen molar-refractivity contribution in [2.45, 2.75) is 5.25 Å². The topological polar surface area (TPSA) is 69.4 Å². The van der Waals surface area contributed by atoms with Crippen LogP contribution in [0.3, 0.4) is 0 Å². The number of rotatable bonds is 2. The van der Waals surface area contributed by atoms with Crippen molar-refractivity contribution >= 4 is 17.6 Å². The molecule has 0 aromatic rings. The SMILES string of the molecule is O=C([O][Hg])C(F)(Cl)[N+](=O)[O-]. The molecule has 0 N–H and O–H groups in total. The molecule has 0 rings (SSSR count). The number of carbonyl (C=O) groups excluding carboxylic acids is 1. The van der Waals surface area contributed by atoms with E-state index in [4.69, 9.17) is 0 Å². The van der Waals surface area contributed by atoms with Crippen LogP contribution in [0.2, 0.25) is 0 Å². The molecule has 0 aliphatic rings. The predicted octanol–water partition coefficient (Wildman–Crippen LogP) is 0.130. The molecule has 0 fully saturated rings. The van der Waals surface area contributed by atoms with E-state index in [1.54, 1.807) is 0 Å². The van der Waals surface area contributed by atoms with Gasteiger partial charge in [0.2, 0.25) is 0 Å². The first-order chi connectivity index (χ1) is 4.42. The molecule has 53 valence electrons. The summed E-state index contributed by atoms with van der Waals surface area (Å²) in [6.45, 7) is 0. The van der Waals surface area contributed by atoms with Crippen molar-refractivity contribution in [1.29, 1.82) is 0 Å². The van der Waals surface area contributed by atoms with Gasteiger partial charge in [-0.2, -0.15) is 0 Å². The first kappa shape index (κ1) is 10.0. The normalized spacial score (nSPS) is 15.6. The molecule has 0 bridgehead atoms. The molecular weight excluding hydrogens is 357 g/mol. The van der Waals surface area contributed by atoms with E-state index in [0.29, 0.717) is 0 Å². The first-order valence-electron chi connectivity index (χ1n) is 1.91. The molecule has 0 saturated carbocycles. The molecule has 5 nitrogen and oxygen atoms in total. The molecule has 0 aromatic carbocycles. The Hall–Kier alpha value is 0.0251. The predicted molar refractivity (Wildman–Crippen MR) is 22.8 cm³/mol. The molecule has 8 heteroatoms. The van der Waals surface area contributed by atoms with E-state index in [1.807, 2.05) is 0 Å². The first-order valence-corrected chi connectivity index (χ1v) is 4.54. The van der Waals surface area contributed by atoms with Gasteiger partial charge >= 0.3 is 76.3 Å². The summed E-state index contributed by atoms with van der Waals surface area (Å²) in [5, 5.41) is 6.03. The van der Waals surface area contributed by atoms with Crippen LogP contribution in [0.5, 0.6) is 0 Å². The number of nitrogens with zero attached hydrogens (tertiary/aromatic N) is 1. The molecular formula is C2ClFHgNO4. The van der Waals surface area contributed by atoms with Crippen molar-refractivity contribution in [2.75, 3.05) is 0 Å². The van der Waals surface area contributed by atoms with Gasteiger partial charge < -0.3 is 0 Å². The molecule has 10 heavy (non-hydrogen) atoms. The van der Waals surface area contributed by atoms with Crippen molar-refractivity contribution in [3.8, 4) is 0 Å². The molecule has 0 aliphatic heterocycles. The fraction of sp³-hybridized carbons (Fsp3) is 0.500. The van der Waals surface area contributed by atoms with Crippen LogP contribution in [0.4, 0.5) is 4.39 Å². The van der Waals surface area contributed by atoms with Gasteiger partial charge in [-0.05, 0) is 0 Å². The van der Waals surface area contributed by atoms with Crippen LogP contribution in [0.15, 0.2) is 0 Å². The molecule has 0 aliphatic carbocycles. The number of nitro groups is 1. The summed E-state index contributed by atoms with van der Waals surface area (Å²) >= 11 is 4.01. The Labute approximate surface area is 76.3 Å². The van der Waals surface area contributed by atoms with Gasteiger partial charge in [-0.3, -0.25) is 0 Å². The molecule has 1 atom stereocenters. The molecule has 0 amide bonds. The van der Waals surface area contributed by atoms with E-state index in [1.165, 1.54) is 0 Å². The van der Waals surface area contributed by atoms with Gasteiger partial charge in [0.25, 0.3) is 0 Å². The van der Waals surface area contributed by atoms with Crippen LogP contribution in [0.25, 0.3) is 0 Å². The van der Waals surface area contributed by atoms with Crippen molar-refractivity contribution in [3.05, 3.63) is 10.1 Å². The van der Waals surface area contributed by atoms with Gasteiger partial charge in [-0.25, -0.2) is 0 Å². The maximum absolute atomic E-state index is 12.2. The number of hydrogen-bond donors (Lipinski definition) is 0. The molecule has 0 spiro atoms. The molecule has 0 radical (unpaired) electrons. The number of alkyl halides is 2. The van der Waals surface area contributed by atoms with Crippen molar-refractivity contribution in [1.82, 2.24) is 0 Å². The van der Waals surface area contributed by atoms with E-state index >= 15 is 0 Å². The van der Waals surface area contributed by atoms with Crippen molar-refractivity contribution in [2.24, 2.45) is 0 Å².